The third-order valence-corrected chi connectivity index (χ3v) is 6.68. The Morgan fingerprint density at radius 1 is 1.07 bits per heavy atom. The fraction of sp³-hybridized carbons (Fsp3) is 0.200. The molecule has 1 fully saturated rings. The Balaban J connectivity index is 1.25. The van der Waals surface area contributed by atoms with Crippen molar-refractivity contribution in [2.45, 2.75) is 19.3 Å². The van der Waals surface area contributed by atoms with Crippen LogP contribution in [0.25, 0.3) is 20.8 Å². The number of carbonyl (C=O) groups excluding carboxylic acids is 1. The summed E-state index contributed by atoms with van der Waals surface area (Å²) in [5.74, 6) is 1.25. The SMILES string of the molecule is COc1ccc(C2CC2C(=O)Nc2ccc(-c3nc4ccc(C)cc4s3)cc2)cc1. The summed E-state index contributed by atoms with van der Waals surface area (Å²) in [6.45, 7) is 2.09. The van der Waals surface area contributed by atoms with Crippen LogP contribution in [0.1, 0.15) is 23.5 Å². The van der Waals surface area contributed by atoms with E-state index in [9.17, 15) is 4.79 Å². The normalized spacial score (nSPS) is 17.7. The van der Waals surface area contributed by atoms with Crippen LogP contribution in [0, 0.1) is 12.8 Å². The van der Waals surface area contributed by atoms with Crippen LogP contribution in [0.4, 0.5) is 5.69 Å². The molecule has 0 spiro atoms. The molecule has 0 radical (unpaired) electrons. The molecule has 1 aromatic heterocycles. The standard InChI is InChI=1S/C25H22N2O2S/c1-15-3-12-22-23(13-15)30-25(27-22)17-4-8-18(9-5-17)26-24(28)21-14-20(21)16-6-10-19(29-2)11-7-16/h3-13,20-21H,14H2,1-2H3,(H,26,28). The molecular formula is C25H22N2O2S. The zero-order chi connectivity index (χ0) is 20.7. The van der Waals surface area contributed by atoms with Crippen LogP contribution in [-0.2, 0) is 4.79 Å². The van der Waals surface area contributed by atoms with Gasteiger partial charge in [-0.3, -0.25) is 4.79 Å². The smallest absolute Gasteiger partial charge is 0.228 e. The molecule has 1 aliphatic carbocycles. The molecule has 1 N–H and O–H groups in total. The van der Waals surface area contributed by atoms with Gasteiger partial charge in [-0.15, -0.1) is 11.3 Å². The lowest BCUT2D eigenvalue weighted by Crippen LogP contribution is -2.14. The zero-order valence-electron chi connectivity index (χ0n) is 16.9. The highest BCUT2D eigenvalue weighted by Gasteiger charge is 2.43. The minimum Gasteiger partial charge on any atom is -0.497 e. The first-order valence-corrected chi connectivity index (χ1v) is 10.8. The fourth-order valence-electron chi connectivity index (χ4n) is 3.79. The number of aryl methyl sites for hydroxylation is 1. The van der Waals surface area contributed by atoms with E-state index < -0.39 is 0 Å². The molecule has 150 valence electrons. The van der Waals surface area contributed by atoms with E-state index in [1.165, 1.54) is 15.8 Å². The van der Waals surface area contributed by atoms with Crippen molar-refractivity contribution in [3.63, 3.8) is 0 Å². The topological polar surface area (TPSA) is 51.2 Å². The molecule has 5 heteroatoms. The van der Waals surface area contributed by atoms with Crippen LogP contribution in [-0.4, -0.2) is 18.0 Å². The predicted octanol–water partition coefficient (Wildman–Crippen LogP) is 6.02. The van der Waals surface area contributed by atoms with Gasteiger partial charge in [-0.05, 0) is 78.9 Å². The summed E-state index contributed by atoms with van der Waals surface area (Å²) in [7, 11) is 1.66. The first kappa shape index (κ1) is 18.8. The summed E-state index contributed by atoms with van der Waals surface area (Å²) >= 11 is 1.69. The first-order chi connectivity index (χ1) is 14.6. The van der Waals surface area contributed by atoms with Gasteiger partial charge in [0.15, 0.2) is 0 Å². The second-order valence-corrected chi connectivity index (χ2v) is 8.81. The Morgan fingerprint density at radius 2 is 1.83 bits per heavy atom. The van der Waals surface area contributed by atoms with Crippen molar-refractivity contribution < 1.29 is 9.53 Å². The van der Waals surface area contributed by atoms with E-state index >= 15 is 0 Å². The van der Waals surface area contributed by atoms with E-state index in [4.69, 9.17) is 9.72 Å². The number of fused-ring (bicyclic) bond motifs is 1. The Hall–Kier alpha value is -3.18. The molecule has 1 heterocycles. The number of thiazole rings is 1. The lowest BCUT2D eigenvalue weighted by molar-refractivity contribution is -0.117. The predicted molar refractivity (Wildman–Crippen MR) is 122 cm³/mol. The Labute approximate surface area is 179 Å². The molecule has 3 aromatic carbocycles. The maximum absolute atomic E-state index is 12.6. The highest BCUT2D eigenvalue weighted by atomic mass is 32.1. The molecule has 1 aliphatic rings. The van der Waals surface area contributed by atoms with E-state index in [2.05, 4.69) is 30.4 Å². The van der Waals surface area contributed by atoms with Gasteiger partial charge in [-0.2, -0.15) is 0 Å². The van der Waals surface area contributed by atoms with Gasteiger partial charge in [-0.25, -0.2) is 4.98 Å². The number of hydrogen-bond acceptors (Lipinski definition) is 4. The summed E-state index contributed by atoms with van der Waals surface area (Å²) in [6.07, 6.45) is 0.890. The van der Waals surface area contributed by atoms with Crippen molar-refractivity contribution in [2.24, 2.45) is 5.92 Å². The Bertz CT molecular complexity index is 1210. The largest absolute Gasteiger partial charge is 0.497 e. The number of benzene rings is 3. The molecule has 0 aliphatic heterocycles. The van der Waals surface area contributed by atoms with Crippen molar-refractivity contribution in [1.29, 1.82) is 0 Å². The Morgan fingerprint density at radius 3 is 2.57 bits per heavy atom. The molecule has 1 amide bonds. The molecule has 2 atom stereocenters. The minimum absolute atomic E-state index is 0.0329. The maximum atomic E-state index is 12.6. The maximum Gasteiger partial charge on any atom is 0.228 e. The van der Waals surface area contributed by atoms with E-state index in [0.29, 0.717) is 5.92 Å². The highest BCUT2D eigenvalue weighted by molar-refractivity contribution is 7.21. The Kier molecular flexibility index (Phi) is 4.75. The monoisotopic (exact) mass is 414 g/mol. The van der Waals surface area contributed by atoms with Crippen molar-refractivity contribution in [1.82, 2.24) is 4.98 Å². The quantitative estimate of drug-likeness (QED) is 0.434. The molecule has 4 aromatic rings. The minimum atomic E-state index is 0.0329. The third kappa shape index (κ3) is 3.68. The van der Waals surface area contributed by atoms with Gasteiger partial charge in [-0.1, -0.05) is 18.2 Å². The number of amides is 1. The summed E-state index contributed by atoms with van der Waals surface area (Å²) in [6, 6.07) is 22.3. The highest BCUT2D eigenvalue weighted by Crippen LogP contribution is 2.48. The number of hydrogen-bond donors (Lipinski definition) is 1. The zero-order valence-corrected chi connectivity index (χ0v) is 17.7. The van der Waals surface area contributed by atoms with E-state index in [-0.39, 0.29) is 11.8 Å². The van der Waals surface area contributed by atoms with Gasteiger partial charge in [0.25, 0.3) is 0 Å². The molecule has 4 nitrogen and oxygen atoms in total. The summed E-state index contributed by atoms with van der Waals surface area (Å²) in [5.41, 5.74) is 5.34. The van der Waals surface area contributed by atoms with Crippen molar-refractivity contribution in [2.75, 3.05) is 12.4 Å². The molecule has 2 unspecified atom stereocenters. The summed E-state index contributed by atoms with van der Waals surface area (Å²) in [4.78, 5) is 17.4. The van der Waals surface area contributed by atoms with Crippen LogP contribution in [0.15, 0.2) is 66.7 Å². The first-order valence-electron chi connectivity index (χ1n) is 10.0. The van der Waals surface area contributed by atoms with Crippen LogP contribution in [0.5, 0.6) is 5.75 Å². The van der Waals surface area contributed by atoms with Gasteiger partial charge in [0.2, 0.25) is 5.91 Å². The van der Waals surface area contributed by atoms with Gasteiger partial charge < -0.3 is 10.1 Å². The van der Waals surface area contributed by atoms with Crippen LogP contribution < -0.4 is 10.1 Å². The third-order valence-electron chi connectivity index (χ3n) is 5.61. The van der Waals surface area contributed by atoms with Crippen molar-refractivity contribution >= 4 is 33.1 Å². The lowest BCUT2D eigenvalue weighted by Gasteiger charge is -2.06. The lowest BCUT2D eigenvalue weighted by atomic mass is 10.1. The number of rotatable bonds is 5. The molecule has 1 saturated carbocycles. The van der Waals surface area contributed by atoms with Crippen LogP contribution in [0.2, 0.25) is 0 Å². The number of aromatic nitrogens is 1. The van der Waals surface area contributed by atoms with E-state index in [0.717, 1.165) is 33.9 Å². The average molecular weight is 415 g/mol. The summed E-state index contributed by atoms with van der Waals surface area (Å²) in [5, 5.41) is 4.05. The number of carbonyl (C=O) groups is 1. The number of anilines is 1. The molecule has 5 rings (SSSR count). The fourth-order valence-corrected chi connectivity index (χ4v) is 4.86. The number of nitrogens with one attached hydrogen (secondary N) is 1. The van der Waals surface area contributed by atoms with E-state index in [1.54, 1.807) is 18.4 Å². The molecule has 0 saturated heterocycles. The molecule has 0 bridgehead atoms. The number of nitrogens with zero attached hydrogens (tertiary/aromatic N) is 1. The average Bonchev–Trinajstić information content (AvgIpc) is 3.47. The van der Waals surface area contributed by atoms with Gasteiger partial charge in [0.1, 0.15) is 10.8 Å². The second-order valence-electron chi connectivity index (χ2n) is 7.78. The van der Waals surface area contributed by atoms with Gasteiger partial charge in [0, 0.05) is 17.2 Å². The number of ether oxygens (including phenoxy) is 1. The molecule has 30 heavy (non-hydrogen) atoms. The van der Waals surface area contributed by atoms with Crippen molar-refractivity contribution in [3.8, 4) is 16.3 Å². The second kappa shape index (κ2) is 7.58. The number of methoxy groups -OCH3 is 1. The van der Waals surface area contributed by atoms with Crippen LogP contribution >= 0.6 is 11.3 Å². The van der Waals surface area contributed by atoms with Crippen LogP contribution in [0.3, 0.4) is 0 Å². The molecular weight excluding hydrogens is 392 g/mol. The van der Waals surface area contributed by atoms with E-state index in [1.807, 2.05) is 48.5 Å². The van der Waals surface area contributed by atoms with Gasteiger partial charge >= 0.3 is 0 Å². The van der Waals surface area contributed by atoms with Crippen molar-refractivity contribution in [3.05, 3.63) is 77.9 Å². The van der Waals surface area contributed by atoms with Gasteiger partial charge in [0.05, 0.1) is 17.3 Å². The summed E-state index contributed by atoms with van der Waals surface area (Å²) < 4.78 is 6.40.